The van der Waals surface area contributed by atoms with Crippen LogP contribution in [0.15, 0.2) is 30.5 Å². The SMILES string of the molecule is NCCn1cc(-c2nc3ccccc3n2CCO)nn1. The molecule has 7 nitrogen and oxygen atoms in total. The van der Waals surface area contributed by atoms with Crippen LogP contribution in [0.1, 0.15) is 0 Å². The molecule has 0 saturated carbocycles. The number of aromatic nitrogens is 5. The molecule has 1 aromatic carbocycles. The molecule has 0 aliphatic carbocycles. The maximum absolute atomic E-state index is 9.25. The number of para-hydroxylation sites is 2. The Morgan fingerprint density at radius 1 is 1.20 bits per heavy atom. The number of hydrogen-bond acceptors (Lipinski definition) is 5. The summed E-state index contributed by atoms with van der Waals surface area (Å²) in [6.45, 7) is 1.65. The van der Waals surface area contributed by atoms with Crippen molar-refractivity contribution in [3.8, 4) is 11.5 Å². The summed E-state index contributed by atoms with van der Waals surface area (Å²) in [7, 11) is 0. The van der Waals surface area contributed by atoms with Crippen LogP contribution in [0.4, 0.5) is 0 Å². The van der Waals surface area contributed by atoms with Crippen LogP contribution in [0.25, 0.3) is 22.6 Å². The maximum Gasteiger partial charge on any atom is 0.163 e. The second-order valence-electron chi connectivity index (χ2n) is 4.45. The molecule has 0 fully saturated rings. The summed E-state index contributed by atoms with van der Waals surface area (Å²) in [6.07, 6.45) is 1.82. The molecule has 0 unspecified atom stereocenters. The molecule has 0 aliphatic heterocycles. The van der Waals surface area contributed by atoms with Gasteiger partial charge in [0, 0.05) is 13.1 Å². The van der Waals surface area contributed by atoms with Gasteiger partial charge in [-0.15, -0.1) is 5.10 Å². The van der Waals surface area contributed by atoms with E-state index in [1.807, 2.05) is 35.0 Å². The number of fused-ring (bicyclic) bond motifs is 1. The van der Waals surface area contributed by atoms with Crippen molar-refractivity contribution >= 4 is 11.0 Å². The van der Waals surface area contributed by atoms with Crippen molar-refractivity contribution in [3.05, 3.63) is 30.5 Å². The first-order valence-corrected chi connectivity index (χ1v) is 6.50. The van der Waals surface area contributed by atoms with E-state index in [1.165, 1.54) is 0 Å². The second kappa shape index (κ2) is 5.40. The molecule has 2 aromatic heterocycles. The van der Waals surface area contributed by atoms with E-state index in [4.69, 9.17) is 5.73 Å². The molecule has 0 bridgehead atoms. The van der Waals surface area contributed by atoms with Crippen LogP contribution in [0.2, 0.25) is 0 Å². The molecular weight excluding hydrogens is 256 g/mol. The third-order valence-corrected chi connectivity index (χ3v) is 3.10. The highest BCUT2D eigenvalue weighted by atomic mass is 16.3. The minimum absolute atomic E-state index is 0.0459. The van der Waals surface area contributed by atoms with E-state index < -0.39 is 0 Å². The maximum atomic E-state index is 9.25. The lowest BCUT2D eigenvalue weighted by Crippen LogP contribution is -2.10. The van der Waals surface area contributed by atoms with Gasteiger partial charge in [-0.25, -0.2) is 4.98 Å². The van der Waals surface area contributed by atoms with Gasteiger partial charge < -0.3 is 15.4 Å². The molecule has 20 heavy (non-hydrogen) atoms. The zero-order valence-corrected chi connectivity index (χ0v) is 11.0. The minimum Gasteiger partial charge on any atom is -0.395 e. The summed E-state index contributed by atoms with van der Waals surface area (Å²) in [5.74, 6) is 0.712. The highest BCUT2D eigenvalue weighted by Gasteiger charge is 2.14. The van der Waals surface area contributed by atoms with Crippen LogP contribution in [0.3, 0.4) is 0 Å². The lowest BCUT2D eigenvalue weighted by Gasteiger charge is -2.04. The number of aliphatic hydroxyl groups excluding tert-OH is 1. The lowest BCUT2D eigenvalue weighted by atomic mass is 10.3. The Bertz CT molecular complexity index is 717. The van der Waals surface area contributed by atoms with E-state index in [1.54, 1.807) is 4.68 Å². The number of hydrogen-bond donors (Lipinski definition) is 2. The fourth-order valence-electron chi connectivity index (χ4n) is 2.24. The van der Waals surface area contributed by atoms with E-state index in [0.717, 1.165) is 11.0 Å². The summed E-state index contributed by atoms with van der Waals surface area (Å²) in [4.78, 5) is 4.58. The molecule has 104 valence electrons. The molecule has 0 saturated heterocycles. The van der Waals surface area contributed by atoms with Crippen molar-refractivity contribution < 1.29 is 5.11 Å². The summed E-state index contributed by atoms with van der Waals surface area (Å²) in [5, 5.41) is 17.4. The molecule has 7 heteroatoms. The average Bonchev–Trinajstić information content (AvgIpc) is 3.05. The number of nitrogens with zero attached hydrogens (tertiary/aromatic N) is 5. The van der Waals surface area contributed by atoms with Crippen LogP contribution >= 0.6 is 0 Å². The summed E-state index contributed by atoms with van der Waals surface area (Å²) < 4.78 is 3.64. The number of aliphatic hydroxyl groups is 1. The van der Waals surface area contributed by atoms with Gasteiger partial charge in [0.25, 0.3) is 0 Å². The van der Waals surface area contributed by atoms with Crippen LogP contribution < -0.4 is 5.73 Å². The smallest absolute Gasteiger partial charge is 0.163 e. The van der Waals surface area contributed by atoms with E-state index in [0.29, 0.717) is 31.2 Å². The zero-order valence-electron chi connectivity index (χ0n) is 11.0. The number of nitrogens with two attached hydrogens (primary N) is 1. The molecular formula is C13H16N6O. The normalized spacial score (nSPS) is 11.3. The Morgan fingerprint density at radius 3 is 2.85 bits per heavy atom. The Balaban J connectivity index is 2.11. The van der Waals surface area contributed by atoms with Crippen molar-refractivity contribution in [2.45, 2.75) is 13.1 Å². The van der Waals surface area contributed by atoms with Crippen molar-refractivity contribution in [2.24, 2.45) is 5.73 Å². The minimum atomic E-state index is 0.0459. The van der Waals surface area contributed by atoms with Gasteiger partial charge in [-0.2, -0.15) is 0 Å². The van der Waals surface area contributed by atoms with Crippen LogP contribution in [0, 0.1) is 0 Å². The molecule has 3 aromatic rings. The molecule has 0 radical (unpaired) electrons. The number of rotatable bonds is 5. The first-order valence-electron chi connectivity index (χ1n) is 6.50. The monoisotopic (exact) mass is 272 g/mol. The van der Waals surface area contributed by atoms with Gasteiger partial charge in [0.1, 0.15) is 5.69 Å². The van der Waals surface area contributed by atoms with E-state index in [-0.39, 0.29) is 6.61 Å². The third-order valence-electron chi connectivity index (χ3n) is 3.10. The fourth-order valence-corrected chi connectivity index (χ4v) is 2.24. The van der Waals surface area contributed by atoms with Crippen LogP contribution in [0.5, 0.6) is 0 Å². The quantitative estimate of drug-likeness (QED) is 0.694. The Labute approximate surface area is 115 Å². The molecule has 2 heterocycles. The first-order chi connectivity index (χ1) is 9.83. The molecule has 0 atom stereocenters. The van der Waals surface area contributed by atoms with Gasteiger partial charge in [-0.1, -0.05) is 17.3 Å². The van der Waals surface area contributed by atoms with Gasteiger partial charge in [0.05, 0.1) is 30.4 Å². The summed E-state index contributed by atoms with van der Waals surface area (Å²) in [5.41, 5.74) is 8.04. The molecule has 0 spiro atoms. The first kappa shape index (κ1) is 12.8. The highest BCUT2D eigenvalue weighted by molar-refractivity contribution is 5.79. The van der Waals surface area contributed by atoms with Crippen LogP contribution in [-0.2, 0) is 13.1 Å². The molecule has 3 N–H and O–H groups in total. The number of imidazole rings is 1. The largest absolute Gasteiger partial charge is 0.395 e. The Hall–Kier alpha value is -2.25. The highest BCUT2D eigenvalue weighted by Crippen LogP contribution is 2.22. The fraction of sp³-hybridized carbons (Fsp3) is 0.308. The number of benzene rings is 1. The van der Waals surface area contributed by atoms with Gasteiger partial charge in [0.15, 0.2) is 5.82 Å². The predicted molar refractivity (Wildman–Crippen MR) is 74.9 cm³/mol. The zero-order chi connectivity index (χ0) is 13.9. The molecule has 0 amide bonds. The van der Waals surface area contributed by atoms with Crippen molar-refractivity contribution in [1.82, 2.24) is 24.5 Å². The van der Waals surface area contributed by atoms with Crippen LogP contribution in [-0.4, -0.2) is 42.8 Å². The average molecular weight is 272 g/mol. The van der Waals surface area contributed by atoms with Crippen molar-refractivity contribution in [2.75, 3.05) is 13.2 Å². The molecule has 0 aliphatic rings. The Kier molecular flexibility index (Phi) is 3.44. The van der Waals surface area contributed by atoms with E-state index in [2.05, 4.69) is 15.3 Å². The van der Waals surface area contributed by atoms with Gasteiger partial charge in [-0.3, -0.25) is 4.68 Å². The lowest BCUT2D eigenvalue weighted by molar-refractivity contribution is 0.278. The standard InChI is InChI=1S/C13H16N6O/c14-5-6-18-9-11(16-17-18)13-15-10-3-1-2-4-12(10)19(13)7-8-20/h1-4,9,20H,5-8,14H2. The van der Waals surface area contributed by atoms with Gasteiger partial charge in [-0.05, 0) is 12.1 Å². The van der Waals surface area contributed by atoms with Crippen molar-refractivity contribution in [1.29, 1.82) is 0 Å². The summed E-state index contributed by atoms with van der Waals surface area (Å²) >= 11 is 0. The molecule has 3 rings (SSSR count). The predicted octanol–water partition coefficient (Wildman–Crippen LogP) is 0.246. The van der Waals surface area contributed by atoms with Crippen molar-refractivity contribution in [3.63, 3.8) is 0 Å². The third kappa shape index (κ3) is 2.17. The van der Waals surface area contributed by atoms with E-state index in [9.17, 15) is 5.11 Å². The van der Waals surface area contributed by atoms with E-state index >= 15 is 0 Å². The van der Waals surface area contributed by atoms with Gasteiger partial charge in [0.2, 0.25) is 0 Å². The summed E-state index contributed by atoms with van der Waals surface area (Å²) in [6, 6.07) is 7.81. The van der Waals surface area contributed by atoms with Gasteiger partial charge >= 0.3 is 0 Å². The second-order valence-corrected chi connectivity index (χ2v) is 4.45. The topological polar surface area (TPSA) is 94.8 Å². The Morgan fingerprint density at radius 2 is 2.05 bits per heavy atom.